The van der Waals surface area contributed by atoms with Crippen LogP contribution in [0.4, 0.5) is 4.39 Å². The second-order valence-corrected chi connectivity index (χ2v) is 28.3. The molecule has 0 aliphatic rings. The molecule has 2 N–H and O–H groups in total. The van der Waals surface area contributed by atoms with E-state index in [0.29, 0.717) is 29.1 Å². The first-order chi connectivity index (χ1) is 60.6. The van der Waals surface area contributed by atoms with Crippen molar-refractivity contribution in [3.63, 3.8) is 0 Å². The van der Waals surface area contributed by atoms with Gasteiger partial charge in [-0.05, 0) is 220 Å². The van der Waals surface area contributed by atoms with Gasteiger partial charge in [-0.1, -0.05) is 217 Å². The molecule has 0 amide bonds. The molecule has 20 rings (SSSR count). The van der Waals surface area contributed by atoms with Crippen molar-refractivity contribution in [2.75, 3.05) is 13.3 Å². The topological polar surface area (TPSA) is 300 Å². The van der Waals surface area contributed by atoms with Crippen molar-refractivity contribution in [2.45, 2.75) is 27.7 Å². The predicted molar refractivity (Wildman–Crippen MR) is 504 cm³/mol. The number of para-hydroxylation sites is 10. The molecule has 12 aromatic heterocycles. The molecule has 130 heavy (non-hydrogen) atoms. The molecule has 8 aromatic carbocycles. The minimum Gasteiger partial charge on any atom is -0.512 e. The number of ketones is 2. The molecule has 0 bridgehead atoms. The Kier molecular flexibility index (Phi) is 49.4. The van der Waals surface area contributed by atoms with Crippen molar-refractivity contribution in [1.82, 2.24) is 84.7 Å². The number of aliphatic hydroxyl groups is 2. The summed E-state index contributed by atoms with van der Waals surface area (Å²) in [5.74, 6) is 3.05. The zero-order valence-electron chi connectivity index (χ0n) is 70.5. The van der Waals surface area contributed by atoms with E-state index in [9.17, 15) is 14.0 Å². The predicted octanol–water partition coefficient (Wildman–Crippen LogP) is 20.5. The molecule has 30 heteroatoms. The first-order valence-electron chi connectivity index (χ1n) is 38.8. The molecule has 20 aromatic rings. The van der Waals surface area contributed by atoms with E-state index in [1.165, 1.54) is 62.6 Å². The fraction of sp³-hybridized carbons (Fsp3) is 0.0600. The minimum atomic E-state index is -0.278. The van der Waals surface area contributed by atoms with Gasteiger partial charge in [-0.15, -0.1) is 78.1 Å². The van der Waals surface area contributed by atoms with Gasteiger partial charge in [-0.25, -0.2) is 0 Å². The maximum Gasteiger partial charge on any atom is 0.155 e. The number of hydrogen-bond donors (Lipinski definition) is 2. The summed E-state index contributed by atoms with van der Waals surface area (Å²) in [6.07, 6.45) is 14.6. The Bertz CT molecular complexity index is 5790. The zero-order chi connectivity index (χ0) is 86.9. The van der Waals surface area contributed by atoms with Gasteiger partial charge in [-0.3, -0.25) is 38.9 Å². The Labute approximate surface area is 830 Å². The van der Waals surface area contributed by atoms with Crippen LogP contribution in [0.1, 0.15) is 27.7 Å². The number of imidazole rings is 5. The quantitative estimate of drug-likeness (QED) is 0.0526. The Balaban J connectivity index is 0.000000257. The van der Waals surface area contributed by atoms with Crippen LogP contribution in [0.15, 0.2) is 382 Å². The molecule has 2 unspecified atom stereocenters. The van der Waals surface area contributed by atoms with Crippen LogP contribution in [0.25, 0.3) is 135 Å². The van der Waals surface area contributed by atoms with Crippen LogP contribution in [0.5, 0.6) is 0 Å². The van der Waals surface area contributed by atoms with Crippen molar-refractivity contribution < 1.29 is 125 Å². The SMILES string of the molecule is CC(=O)C=C(C)O.CC(=O)C=C(C)O.CPc1ccccc1PC.Cl.Fc1c[c-]c(-c2ccccn2)cc1.[Ir].[Ir].[Ir].[Ir].[Ir].[c-]1ccccc1-c1ccccn1.c1ccc(-c2nc3ccccc3[n-]2)nc1.c1ccc(-c2nc3ccccc3[n-]2)nc1.c1ccc(-c2nc3ccccc3[n-]2)nc1.c1ccc(-c2nc3ccccc3[n-]2)nc1.c1ccc(-c2nc3ccccc3[n-]2)nc1. The fourth-order valence-corrected chi connectivity index (χ4v) is 13.2. The van der Waals surface area contributed by atoms with Gasteiger partial charge in [0, 0.05) is 162 Å². The fourth-order valence-electron chi connectivity index (χ4n) is 11.2. The monoisotopic (exact) mass is 2670 g/mol. The summed E-state index contributed by atoms with van der Waals surface area (Å²) >= 11 is 0. The van der Waals surface area contributed by atoms with E-state index < -0.39 is 0 Å². The van der Waals surface area contributed by atoms with Gasteiger partial charge < -0.3 is 70.0 Å². The first kappa shape index (κ1) is 108. The van der Waals surface area contributed by atoms with E-state index >= 15 is 0 Å². The molecular formula is C100H84ClFIr5N17O4P2-7. The van der Waals surface area contributed by atoms with Crippen LogP contribution in [-0.4, -0.2) is 94.9 Å². The molecule has 0 aliphatic carbocycles. The molecule has 0 fully saturated rings. The molecule has 12 heterocycles. The summed E-state index contributed by atoms with van der Waals surface area (Å²) in [5.41, 5.74) is 16.8. The van der Waals surface area contributed by atoms with Crippen LogP contribution in [0, 0.1) is 17.9 Å². The summed E-state index contributed by atoms with van der Waals surface area (Å²) in [4.78, 5) is 93.6. The molecule has 0 saturated carbocycles. The van der Waals surface area contributed by atoms with Crippen molar-refractivity contribution >= 4 is 107 Å². The number of halogens is 2. The number of pyridine rings is 7. The minimum absolute atomic E-state index is 0. The Hall–Kier alpha value is -12.1. The van der Waals surface area contributed by atoms with Gasteiger partial charge in [0.05, 0.1) is 40.0 Å². The van der Waals surface area contributed by atoms with Gasteiger partial charge in [-0.2, -0.15) is 0 Å². The van der Waals surface area contributed by atoms with Gasteiger partial charge in [0.1, 0.15) is 0 Å². The number of aromatic nitrogens is 17. The van der Waals surface area contributed by atoms with Gasteiger partial charge in [0.25, 0.3) is 0 Å². The third-order valence-electron chi connectivity index (χ3n) is 16.8. The number of carbonyl (C=O) groups excluding carboxylic acids is 2. The normalized spacial score (nSPS) is 10.2. The van der Waals surface area contributed by atoms with Gasteiger partial charge in [0.15, 0.2) is 11.6 Å². The summed E-state index contributed by atoms with van der Waals surface area (Å²) in [6, 6.07) is 106. The van der Waals surface area contributed by atoms with Crippen molar-refractivity contribution in [1.29, 1.82) is 0 Å². The summed E-state index contributed by atoms with van der Waals surface area (Å²) in [6.45, 7) is 10.2. The van der Waals surface area contributed by atoms with E-state index in [1.54, 1.807) is 49.4 Å². The molecule has 2 atom stereocenters. The van der Waals surface area contributed by atoms with E-state index in [0.717, 1.165) is 123 Å². The number of aliphatic hydroxyl groups excluding tert-OH is 2. The third kappa shape index (κ3) is 35.4. The smallest absolute Gasteiger partial charge is 0.155 e. The molecule has 0 spiro atoms. The van der Waals surface area contributed by atoms with Crippen LogP contribution < -0.4 is 35.5 Å². The maximum absolute atomic E-state index is 12.6. The standard InChI is InChI=1S/5C12H8N3.C11H7FN.C11H8N.C8H12P2.2C5H8O2.ClH.5Ir/c5*1-2-6-10-9(5-1)14-12(15-10)11-7-3-4-8-13-11;12-10-6-4-9(5-7-10)11-3-1-2-8-13-11;1-2-6-10(7-3-1)11-8-4-5-9-12-11;1-9-7-5-3-4-6-8(7)10-2;2*1-4(6)3-5(2)7;;;;;;/h5*1-8H;1-4,6-8H;1-6,8-9H;3-6,9-10H,1-2H3;2*3,6H,1-2H3;1H;;;;;/q7*-1;;;;;;;;;. The second-order valence-electron chi connectivity index (χ2n) is 26.2. The Morgan fingerprint density at radius 2 is 0.531 bits per heavy atom. The van der Waals surface area contributed by atoms with E-state index in [1.807, 2.05) is 273 Å². The number of benzene rings is 8. The zero-order valence-corrected chi connectivity index (χ0v) is 85.3. The van der Waals surface area contributed by atoms with Crippen LogP contribution in [0.2, 0.25) is 0 Å². The number of allylic oxidation sites excluding steroid dienone is 4. The van der Waals surface area contributed by atoms with E-state index in [2.05, 4.69) is 134 Å². The van der Waals surface area contributed by atoms with Gasteiger partial charge in [0.2, 0.25) is 0 Å². The average molecular weight is 2670 g/mol. The summed E-state index contributed by atoms with van der Waals surface area (Å²) < 4.78 is 12.6. The van der Waals surface area contributed by atoms with Crippen molar-refractivity contribution in [2.24, 2.45) is 0 Å². The number of carbonyl (C=O) groups is 2. The molecule has 21 nitrogen and oxygen atoms in total. The van der Waals surface area contributed by atoms with E-state index in [-0.39, 0.29) is 142 Å². The summed E-state index contributed by atoms with van der Waals surface area (Å²) in [5, 5.41) is 19.8. The average Bonchev–Trinajstić information content (AvgIpc) is 1.70. The molecule has 0 saturated heterocycles. The number of rotatable bonds is 11. The van der Waals surface area contributed by atoms with Gasteiger partial charge >= 0.3 is 0 Å². The Morgan fingerprint density at radius 3 is 0.723 bits per heavy atom. The van der Waals surface area contributed by atoms with E-state index in [4.69, 9.17) is 10.2 Å². The second kappa shape index (κ2) is 59.2. The molecule has 0 aliphatic heterocycles. The molecule has 5 radical (unpaired) electrons. The first-order valence-corrected chi connectivity index (χ1v) is 41.8. The number of fused-ring (bicyclic) bond motifs is 5. The molecular weight excluding hydrogens is 2580 g/mol. The van der Waals surface area contributed by atoms with Crippen molar-refractivity contribution in [3.05, 3.63) is 400 Å². The van der Waals surface area contributed by atoms with Crippen LogP contribution >= 0.6 is 29.6 Å². The van der Waals surface area contributed by atoms with Crippen LogP contribution in [0.3, 0.4) is 0 Å². The molecule has 669 valence electrons. The maximum atomic E-state index is 12.6. The van der Waals surface area contributed by atoms with Crippen LogP contribution in [-0.2, 0) is 110 Å². The largest absolute Gasteiger partial charge is 0.512 e. The van der Waals surface area contributed by atoms with Crippen molar-refractivity contribution in [3.8, 4) is 80.1 Å². The Morgan fingerprint density at radius 1 is 0.300 bits per heavy atom. The number of hydrogen-bond acceptors (Lipinski definition) is 16. The third-order valence-corrected chi connectivity index (χ3v) is 19.0. The summed E-state index contributed by atoms with van der Waals surface area (Å²) in [7, 11) is 1.89. The number of nitrogens with zero attached hydrogens (tertiary/aromatic N) is 17.